The number of nitrogens with zero attached hydrogens (tertiary/aromatic N) is 2. The summed E-state index contributed by atoms with van der Waals surface area (Å²) in [6.07, 6.45) is -3.69. The number of aromatic nitrogens is 1. The van der Waals surface area contributed by atoms with E-state index in [1.54, 1.807) is 10.8 Å². The summed E-state index contributed by atoms with van der Waals surface area (Å²) in [7, 11) is 1.34. The van der Waals surface area contributed by atoms with E-state index < -0.39 is 18.5 Å². The number of amides is 1. The van der Waals surface area contributed by atoms with Crippen LogP contribution in [0.15, 0.2) is 12.3 Å². The molecular formula is C11H16F3N3O. The maximum atomic E-state index is 12.1. The fourth-order valence-electron chi connectivity index (χ4n) is 1.57. The van der Waals surface area contributed by atoms with Gasteiger partial charge >= 0.3 is 6.18 Å². The molecule has 4 nitrogen and oxygen atoms in total. The number of nitrogen functional groups attached to an aromatic ring is 1. The standard InChI is InChI=1S/C11H16F3N3O/c1-3-17-7-8(15)6-9(17)10(18)16(2)5-4-11(12,13)14/h6-7H,3-5,15H2,1-2H3. The first kappa shape index (κ1) is 14.4. The number of halogens is 3. The van der Waals surface area contributed by atoms with Crippen molar-refractivity contribution in [3.05, 3.63) is 18.0 Å². The molecule has 0 unspecified atom stereocenters. The van der Waals surface area contributed by atoms with Crippen LogP contribution in [0.2, 0.25) is 0 Å². The molecule has 18 heavy (non-hydrogen) atoms. The number of carbonyl (C=O) groups is 1. The molecule has 0 spiro atoms. The van der Waals surface area contributed by atoms with Gasteiger partial charge in [0.1, 0.15) is 5.69 Å². The number of anilines is 1. The van der Waals surface area contributed by atoms with Crippen molar-refractivity contribution < 1.29 is 18.0 Å². The van der Waals surface area contributed by atoms with Crippen LogP contribution in [0.3, 0.4) is 0 Å². The average Bonchev–Trinajstić information content (AvgIpc) is 2.65. The number of rotatable bonds is 4. The molecule has 102 valence electrons. The molecule has 2 N–H and O–H groups in total. The molecule has 0 saturated carbocycles. The Hall–Kier alpha value is -1.66. The number of alkyl halides is 3. The molecule has 0 saturated heterocycles. The third-order valence-electron chi connectivity index (χ3n) is 2.55. The third-order valence-corrected chi connectivity index (χ3v) is 2.55. The predicted molar refractivity (Wildman–Crippen MR) is 62.2 cm³/mol. The zero-order valence-corrected chi connectivity index (χ0v) is 10.3. The van der Waals surface area contributed by atoms with E-state index in [2.05, 4.69) is 0 Å². The van der Waals surface area contributed by atoms with Crippen molar-refractivity contribution in [1.82, 2.24) is 9.47 Å². The molecule has 1 amide bonds. The second-order valence-electron chi connectivity index (χ2n) is 4.04. The van der Waals surface area contributed by atoms with Crippen molar-refractivity contribution in [2.75, 3.05) is 19.3 Å². The summed E-state index contributed by atoms with van der Waals surface area (Å²) < 4.78 is 37.8. The first-order valence-corrected chi connectivity index (χ1v) is 5.52. The van der Waals surface area contributed by atoms with Gasteiger partial charge in [0, 0.05) is 26.3 Å². The first-order chi connectivity index (χ1) is 8.24. The minimum absolute atomic E-state index is 0.305. The van der Waals surface area contributed by atoms with Crippen LogP contribution in [-0.4, -0.2) is 35.1 Å². The second kappa shape index (κ2) is 5.32. The molecule has 1 rings (SSSR count). The molecule has 1 aromatic rings. The highest BCUT2D eigenvalue weighted by atomic mass is 19.4. The van der Waals surface area contributed by atoms with Crippen molar-refractivity contribution in [2.45, 2.75) is 26.1 Å². The second-order valence-corrected chi connectivity index (χ2v) is 4.04. The van der Waals surface area contributed by atoms with Crippen LogP contribution in [-0.2, 0) is 6.54 Å². The molecule has 7 heteroatoms. The first-order valence-electron chi connectivity index (χ1n) is 5.52. The van der Waals surface area contributed by atoms with Crippen LogP contribution in [0.1, 0.15) is 23.8 Å². The summed E-state index contributed by atoms with van der Waals surface area (Å²) in [5.41, 5.74) is 6.29. The molecule has 0 aliphatic rings. The molecule has 0 radical (unpaired) electrons. The van der Waals surface area contributed by atoms with E-state index in [1.807, 2.05) is 6.92 Å². The Morgan fingerprint density at radius 2 is 2.11 bits per heavy atom. The van der Waals surface area contributed by atoms with E-state index >= 15 is 0 Å². The summed E-state index contributed by atoms with van der Waals surface area (Å²) in [4.78, 5) is 13.0. The zero-order valence-electron chi connectivity index (χ0n) is 10.3. The van der Waals surface area contributed by atoms with Crippen LogP contribution in [0, 0.1) is 0 Å². The van der Waals surface area contributed by atoms with Gasteiger partial charge in [-0.1, -0.05) is 0 Å². The van der Waals surface area contributed by atoms with Gasteiger partial charge in [0.15, 0.2) is 0 Å². The minimum atomic E-state index is -4.26. The van der Waals surface area contributed by atoms with Crippen LogP contribution >= 0.6 is 0 Å². The normalized spacial score (nSPS) is 11.6. The van der Waals surface area contributed by atoms with Crippen LogP contribution < -0.4 is 5.73 Å². The SMILES string of the molecule is CCn1cc(N)cc1C(=O)N(C)CCC(F)(F)F. The van der Waals surface area contributed by atoms with Crippen molar-refractivity contribution in [1.29, 1.82) is 0 Å². The van der Waals surface area contributed by atoms with Crippen molar-refractivity contribution in [3.63, 3.8) is 0 Å². The maximum Gasteiger partial charge on any atom is 0.390 e. The van der Waals surface area contributed by atoms with E-state index in [9.17, 15) is 18.0 Å². The van der Waals surface area contributed by atoms with Gasteiger partial charge in [0.05, 0.1) is 12.1 Å². The Balaban J connectivity index is 2.74. The Bertz CT molecular complexity index is 426. The number of hydrogen-bond acceptors (Lipinski definition) is 2. The fraction of sp³-hybridized carbons (Fsp3) is 0.545. The Labute approximate surface area is 103 Å². The summed E-state index contributed by atoms with van der Waals surface area (Å²) >= 11 is 0. The van der Waals surface area contributed by atoms with Gasteiger partial charge in [0.25, 0.3) is 5.91 Å². The van der Waals surface area contributed by atoms with Crippen molar-refractivity contribution in [2.24, 2.45) is 0 Å². The number of nitrogens with two attached hydrogens (primary N) is 1. The number of hydrogen-bond donors (Lipinski definition) is 1. The highest BCUT2D eigenvalue weighted by Gasteiger charge is 2.28. The number of carbonyl (C=O) groups excluding carboxylic acids is 1. The molecule has 0 bridgehead atoms. The maximum absolute atomic E-state index is 12.1. The monoisotopic (exact) mass is 263 g/mol. The van der Waals surface area contributed by atoms with Crippen LogP contribution in [0.5, 0.6) is 0 Å². The molecule has 0 aliphatic carbocycles. The van der Waals surface area contributed by atoms with Crippen LogP contribution in [0.25, 0.3) is 0 Å². The molecule has 1 heterocycles. The highest BCUT2D eigenvalue weighted by molar-refractivity contribution is 5.93. The average molecular weight is 263 g/mol. The number of aryl methyl sites for hydroxylation is 1. The molecule has 0 atom stereocenters. The van der Waals surface area contributed by atoms with E-state index in [-0.39, 0.29) is 6.54 Å². The third kappa shape index (κ3) is 3.68. The van der Waals surface area contributed by atoms with E-state index in [0.29, 0.717) is 17.9 Å². The molecule has 0 aliphatic heterocycles. The summed E-state index contributed by atoms with van der Waals surface area (Å²) in [6, 6.07) is 1.47. The van der Waals surface area contributed by atoms with Crippen molar-refractivity contribution >= 4 is 11.6 Å². The van der Waals surface area contributed by atoms with Crippen molar-refractivity contribution in [3.8, 4) is 0 Å². The minimum Gasteiger partial charge on any atom is -0.397 e. The van der Waals surface area contributed by atoms with Gasteiger partial charge in [0.2, 0.25) is 0 Å². The lowest BCUT2D eigenvalue weighted by Crippen LogP contribution is -2.31. The smallest absolute Gasteiger partial charge is 0.390 e. The largest absolute Gasteiger partial charge is 0.397 e. The predicted octanol–water partition coefficient (Wildman–Crippen LogP) is 2.11. The summed E-state index contributed by atoms with van der Waals surface area (Å²) in [6.45, 7) is 1.99. The van der Waals surface area contributed by atoms with Gasteiger partial charge in [-0.15, -0.1) is 0 Å². The topological polar surface area (TPSA) is 51.3 Å². The Kier molecular flexibility index (Phi) is 4.26. The van der Waals surface area contributed by atoms with E-state index in [1.165, 1.54) is 13.1 Å². The van der Waals surface area contributed by atoms with E-state index in [4.69, 9.17) is 5.73 Å². The lowest BCUT2D eigenvalue weighted by atomic mass is 10.3. The molecular weight excluding hydrogens is 247 g/mol. The fourth-order valence-corrected chi connectivity index (χ4v) is 1.57. The van der Waals surface area contributed by atoms with Gasteiger partial charge in [-0.25, -0.2) is 0 Å². The van der Waals surface area contributed by atoms with Gasteiger partial charge < -0.3 is 15.2 Å². The van der Waals surface area contributed by atoms with Crippen LogP contribution in [0.4, 0.5) is 18.9 Å². The van der Waals surface area contributed by atoms with Gasteiger partial charge in [-0.2, -0.15) is 13.2 Å². The summed E-state index contributed by atoms with van der Waals surface area (Å²) in [5, 5.41) is 0. The quantitative estimate of drug-likeness (QED) is 0.904. The molecule has 0 fully saturated rings. The lowest BCUT2D eigenvalue weighted by Gasteiger charge is -2.18. The van der Waals surface area contributed by atoms with Gasteiger partial charge in [-0.3, -0.25) is 4.79 Å². The lowest BCUT2D eigenvalue weighted by molar-refractivity contribution is -0.136. The Morgan fingerprint density at radius 1 is 1.50 bits per heavy atom. The Morgan fingerprint density at radius 3 is 2.61 bits per heavy atom. The summed E-state index contributed by atoms with van der Waals surface area (Å²) in [5.74, 6) is -0.460. The van der Waals surface area contributed by atoms with Gasteiger partial charge in [-0.05, 0) is 13.0 Å². The molecule has 1 aromatic heterocycles. The highest BCUT2D eigenvalue weighted by Crippen LogP contribution is 2.20. The zero-order chi connectivity index (χ0) is 13.9. The molecule has 0 aromatic carbocycles. The van der Waals surface area contributed by atoms with E-state index in [0.717, 1.165) is 4.90 Å².